The summed E-state index contributed by atoms with van der Waals surface area (Å²) in [4.78, 5) is 11.7. The SMILES string of the molecule is O=C(CCc1ccco1)Cc1cccc(Cl)c1. The van der Waals surface area contributed by atoms with E-state index in [4.69, 9.17) is 16.0 Å². The van der Waals surface area contributed by atoms with E-state index >= 15 is 0 Å². The van der Waals surface area contributed by atoms with Crippen molar-refractivity contribution in [1.82, 2.24) is 0 Å². The number of carbonyl (C=O) groups is 1. The van der Waals surface area contributed by atoms with Crippen LogP contribution in [0.2, 0.25) is 5.02 Å². The molecule has 1 heterocycles. The van der Waals surface area contributed by atoms with Gasteiger partial charge < -0.3 is 4.42 Å². The van der Waals surface area contributed by atoms with Gasteiger partial charge in [0, 0.05) is 24.3 Å². The fraction of sp³-hybridized carbons (Fsp3) is 0.214. The molecule has 0 bridgehead atoms. The molecule has 2 aromatic rings. The summed E-state index contributed by atoms with van der Waals surface area (Å²) < 4.78 is 5.18. The monoisotopic (exact) mass is 248 g/mol. The van der Waals surface area contributed by atoms with Crippen molar-refractivity contribution >= 4 is 17.4 Å². The van der Waals surface area contributed by atoms with E-state index in [-0.39, 0.29) is 5.78 Å². The second-order valence-electron chi connectivity index (χ2n) is 3.92. The number of rotatable bonds is 5. The second kappa shape index (κ2) is 5.69. The van der Waals surface area contributed by atoms with Crippen LogP contribution in [0.1, 0.15) is 17.7 Å². The number of hydrogen-bond donors (Lipinski definition) is 0. The third kappa shape index (κ3) is 3.75. The quantitative estimate of drug-likeness (QED) is 0.808. The molecule has 3 heteroatoms. The Balaban J connectivity index is 1.85. The maximum atomic E-state index is 11.7. The number of hydrogen-bond acceptors (Lipinski definition) is 2. The summed E-state index contributed by atoms with van der Waals surface area (Å²) in [5, 5.41) is 0.668. The standard InChI is InChI=1S/C14H13ClO2/c15-12-4-1-3-11(9-12)10-13(16)6-7-14-5-2-8-17-14/h1-5,8-9H,6-7,10H2. The van der Waals surface area contributed by atoms with Gasteiger partial charge in [-0.05, 0) is 29.8 Å². The van der Waals surface area contributed by atoms with Crippen molar-refractivity contribution < 1.29 is 9.21 Å². The maximum absolute atomic E-state index is 11.7. The van der Waals surface area contributed by atoms with Crippen molar-refractivity contribution in [3.05, 3.63) is 59.0 Å². The van der Waals surface area contributed by atoms with Gasteiger partial charge in [-0.1, -0.05) is 23.7 Å². The minimum absolute atomic E-state index is 0.198. The Morgan fingerprint density at radius 2 is 2.12 bits per heavy atom. The third-order valence-electron chi connectivity index (χ3n) is 2.52. The molecule has 0 saturated heterocycles. The lowest BCUT2D eigenvalue weighted by Gasteiger charge is -2.01. The molecule has 0 unspecified atom stereocenters. The highest BCUT2D eigenvalue weighted by molar-refractivity contribution is 6.30. The van der Waals surface area contributed by atoms with Gasteiger partial charge in [0.05, 0.1) is 6.26 Å². The van der Waals surface area contributed by atoms with Gasteiger partial charge in [0.1, 0.15) is 11.5 Å². The number of aryl methyl sites for hydroxylation is 1. The molecule has 2 rings (SSSR count). The van der Waals surface area contributed by atoms with E-state index in [2.05, 4.69) is 0 Å². The first kappa shape index (κ1) is 11.9. The molecule has 0 amide bonds. The predicted molar refractivity (Wildman–Crippen MR) is 67.2 cm³/mol. The van der Waals surface area contributed by atoms with Crippen molar-refractivity contribution in [2.24, 2.45) is 0 Å². The van der Waals surface area contributed by atoms with Crippen LogP contribution >= 0.6 is 11.6 Å². The predicted octanol–water partition coefficient (Wildman–Crippen LogP) is 3.68. The van der Waals surface area contributed by atoms with Crippen LogP contribution in [-0.2, 0) is 17.6 Å². The molecule has 0 spiro atoms. The molecule has 1 aromatic carbocycles. The largest absolute Gasteiger partial charge is 0.469 e. The van der Waals surface area contributed by atoms with Gasteiger partial charge in [-0.3, -0.25) is 4.79 Å². The Hall–Kier alpha value is -1.54. The molecule has 1 aromatic heterocycles. The van der Waals surface area contributed by atoms with E-state index in [1.807, 2.05) is 30.3 Å². The van der Waals surface area contributed by atoms with Crippen LogP contribution in [0.25, 0.3) is 0 Å². The highest BCUT2D eigenvalue weighted by Gasteiger charge is 2.06. The number of furan rings is 1. The highest BCUT2D eigenvalue weighted by atomic mass is 35.5. The lowest BCUT2D eigenvalue weighted by atomic mass is 10.1. The molecule has 0 N–H and O–H groups in total. The van der Waals surface area contributed by atoms with Gasteiger partial charge in [-0.2, -0.15) is 0 Å². The minimum atomic E-state index is 0.198. The molecular formula is C14H13ClO2. The summed E-state index contributed by atoms with van der Waals surface area (Å²) in [7, 11) is 0. The molecule has 0 fully saturated rings. The number of benzene rings is 1. The van der Waals surface area contributed by atoms with Crippen LogP contribution in [0.4, 0.5) is 0 Å². The first-order valence-electron chi connectivity index (χ1n) is 5.52. The van der Waals surface area contributed by atoms with Crippen LogP contribution in [0.15, 0.2) is 47.1 Å². The third-order valence-corrected chi connectivity index (χ3v) is 2.76. The molecule has 17 heavy (non-hydrogen) atoms. The lowest BCUT2D eigenvalue weighted by Crippen LogP contribution is -2.03. The molecule has 0 aliphatic rings. The van der Waals surface area contributed by atoms with Gasteiger partial charge in [0.25, 0.3) is 0 Å². The normalized spacial score (nSPS) is 10.4. The molecule has 0 aliphatic carbocycles. The molecule has 0 atom stereocenters. The summed E-state index contributed by atoms with van der Waals surface area (Å²) in [6, 6.07) is 11.1. The number of halogens is 1. The van der Waals surface area contributed by atoms with Crippen LogP contribution < -0.4 is 0 Å². The summed E-state index contributed by atoms with van der Waals surface area (Å²) in [5.74, 6) is 1.05. The zero-order chi connectivity index (χ0) is 12.1. The van der Waals surface area contributed by atoms with Crippen LogP contribution in [0, 0.1) is 0 Å². The van der Waals surface area contributed by atoms with E-state index in [0.717, 1.165) is 11.3 Å². The zero-order valence-corrected chi connectivity index (χ0v) is 10.1. The molecule has 0 radical (unpaired) electrons. The van der Waals surface area contributed by atoms with Gasteiger partial charge in [-0.15, -0.1) is 0 Å². The van der Waals surface area contributed by atoms with Gasteiger partial charge in [-0.25, -0.2) is 0 Å². The van der Waals surface area contributed by atoms with E-state index in [1.54, 1.807) is 12.3 Å². The van der Waals surface area contributed by atoms with Gasteiger partial charge in [0.2, 0.25) is 0 Å². The maximum Gasteiger partial charge on any atom is 0.137 e. The Morgan fingerprint density at radius 1 is 1.24 bits per heavy atom. The molecule has 0 aliphatic heterocycles. The molecular weight excluding hydrogens is 236 g/mol. The van der Waals surface area contributed by atoms with Crippen molar-refractivity contribution in [3.8, 4) is 0 Å². The van der Waals surface area contributed by atoms with E-state index in [1.165, 1.54) is 0 Å². The second-order valence-corrected chi connectivity index (χ2v) is 4.36. The van der Waals surface area contributed by atoms with E-state index in [0.29, 0.717) is 24.3 Å². The summed E-state index contributed by atoms with van der Waals surface area (Å²) in [6.07, 6.45) is 3.21. The fourth-order valence-corrected chi connectivity index (χ4v) is 1.89. The minimum Gasteiger partial charge on any atom is -0.469 e. The van der Waals surface area contributed by atoms with Crippen molar-refractivity contribution in [2.75, 3.05) is 0 Å². The number of Topliss-reactive ketones (excluding diaryl/α,β-unsaturated/α-hetero) is 1. The molecule has 2 nitrogen and oxygen atoms in total. The first-order valence-corrected chi connectivity index (χ1v) is 5.90. The summed E-state index contributed by atoms with van der Waals surface area (Å²) in [5.41, 5.74) is 0.960. The van der Waals surface area contributed by atoms with Gasteiger partial charge >= 0.3 is 0 Å². The average molecular weight is 249 g/mol. The summed E-state index contributed by atoms with van der Waals surface area (Å²) >= 11 is 5.86. The first-order chi connectivity index (χ1) is 8.24. The van der Waals surface area contributed by atoms with Gasteiger partial charge in [0.15, 0.2) is 0 Å². The Kier molecular flexibility index (Phi) is 3.99. The smallest absolute Gasteiger partial charge is 0.137 e. The van der Waals surface area contributed by atoms with Crippen molar-refractivity contribution in [3.63, 3.8) is 0 Å². The molecule has 88 valence electrons. The van der Waals surface area contributed by atoms with Crippen LogP contribution in [0.5, 0.6) is 0 Å². The Labute approximate surface area is 105 Å². The van der Waals surface area contributed by atoms with Crippen molar-refractivity contribution in [1.29, 1.82) is 0 Å². The fourth-order valence-electron chi connectivity index (χ4n) is 1.68. The lowest BCUT2D eigenvalue weighted by molar-refractivity contribution is -0.118. The van der Waals surface area contributed by atoms with Crippen LogP contribution in [0.3, 0.4) is 0 Å². The Morgan fingerprint density at radius 3 is 2.82 bits per heavy atom. The van der Waals surface area contributed by atoms with E-state index in [9.17, 15) is 4.79 Å². The molecule has 0 saturated carbocycles. The average Bonchev–Trinajstić information content (AvgIpc) is 2.79. The van der Waals surface area contributed by atoms with E-state index < -0.39 is 0 Å². The van der Waals surface area contributed by atoms with Crippen molar-refractivity contribution in [2.45, 2.75) is 19.3 Å². The number of ketones is 1. The topological polar surface area (TPSA) is 30.2 Å². The number of carbonyl (C=O) groups excluding carboxylic acids is 1. The Bertz CT molecular complexity index is 489. The summed E-state index contributed by atoms with van der Waals surface area (Å²) in [6.45, 7) is 0. The van der Waals surface area contributed by atoms with Crippen LogP contribution in [-0.4, -0.2) is 5.78 Å². The highest BCUT2D eigenvalue weighted by Crippen LogP contribution is 2.12. The zero-order valence-electron chi connectivity index (χ0n) is 9.36.